The van der Waals surface area contributed by atoms with E-state index in [0.717, 1.165) is 16.7 Å². The van der Waals surface area contributed by atoms with E-state index in [0.29, 0.717) is 5.56 Å². The number of aliphatic hydroxyl groups is 2. The van der Waals surface area contributed by atoms with Crippen molar-refractivity contribution in [1.82, 2.24) is 19.5 Å². The third kappa shape index (κ3) is 5.19. The molecular weight excluding hydrogens is 622 g/mol. The average molecular weight is 658 g/mol. The van der Waals surface area contributed by atoms with Crippen molar-refractivity contribution in [3.05, 3.63) is 144 Å². The van der Waals surface area contributed by atoms with Crippen molar-refractivity contribution in [3.8, 4) is 12.0 Å². The molecule has 0 bridgehead atoms. The monoisotopic (exact) mass is 657 g/mol. The number of aromatic nitrogens is 4. The number of ether oxygens (including phenoxy) is 3. The second-order valence-electron chi connectivity index (χ2n) is 11.7. The van der Waals surface area contributed by atoms with Gasteiger partial charge in [-0.1, -0.05) is 109 Å². The molecule has 1 fully saturated rings. The molecule has 1 amide bonds. The third-order valence-corrected chi connectivity index (χ3v) is 9.10. The molecule has 2 aromatic heterocycles. The molecule has 7 rings (SSSR count). The van der Waals surface area contributed by atoms with E-state index in [1.807, 2.05) is 97.1 Å². The van der Waals surface area contributed by atoms with Gasteiger partial charge in [-0.3, -0.25) is 4.79 Å². The van der Waals surface area contributed by atoms with Crippen LogP contribution in [0.3, 0.4) is 0 Å². The van der Waals surface area contributed by atoms with E-state index >= 15 is 0 Å². The summed E-state index contributed by atoms with van der Waals surface area (Å²) >= 11 is 0. The minimum Gasteiger partial charge on any atom is -0.468 e. The lowest BCUT2D eigenvalue weighted by molar-refractivity contribution is -0.145. The zero-order chi connectivity index (χ0) is 34.0. The van der Waals surface area contributed by atoms with Gasteiger partial charge in [0.1, 0.15) is 6.10 Å². The van der Waals surface area contributed by atoms with Gasteiger partial charge in [-0.15, -0.1) is 0 Å². The summed E-state index contributed by atoms with van der Waals surface area (Å²) in [5, 5.41) is 25.1. The van der Waals surface area contributed by atoms with Gasteiger partial charge in [-0.25, -0.2) is 4.57 Å². The van der Waals surface area contributed by atoms with Crippen LogP contribution >= 0.6 is 0 Å². The summed E-state index contributed by atoms with van der Waals surface area (Å²) in [4.78, 5) is 27.5. The van der Waals surface area contributed by atoms with E-state index in [2.05, 4.69) is 10.3 Å². The Morgan fingerprint density at radius 1 is 0.837 bits per heavy atom. The molecule has 0 saturated carbocycles. The van der Waals surface area contributed by atoms with Crippen LogP contribution in [0.1, 0.15) is 33.5 Å². The number of imidazole rings is 1. The van der Waals surface area contributed by atoms with Gasteiger partial charge in [-0.05, 0) is 28.8 Å². The molecule has 0 radical (unpaired) electrons. The zero-order valence-electron chi connectivity index (χ0n) is 26.9. The van der Waals surface area contributed by atoms with Crippen LogP contribution in [-0.4, -0.2) is 68.7 Å². The maximum Gasteiger partial charge on any atom is 0.320 e. The molecule has 11 nitrogen and oxygen atoms in total. The largest absolute Gasteiger partial charge is 0.468 e. The van der Waals surface area contributed by atoms with Crippen molar-refractivity contribution in [2.24, 2.45) is 0 Å². The minimum atomic E-state index is -1.59. The second-order valence-corrected chi connectivity index (χ2v) is 11.7. The number of nitrogens with zero attached hydrogens (tertiary/aromatic N) is 4. The van der Waals surface area contributed by atoms with E-state index in [1.54, 1.807) is 28.8 Å². The number of aliphatic hydroxyl groups excluding tert-OH is 2. The van der Waals surface area contributed by atoms with Crippen molar-refractivity contribution >= 4 is 22.9 Å². The standard InChI is InChI=1S/C38H35N5O6/c1-47-35-41-32(40-34(46)25-15-7-3-8-16-25)31-33(42-35)43(36(39-31)48-2)37(23-29(45)30(24-44)49-37)38(26-17-9-4-10-18-26,27-19-11-5-12-20-27)28-21-13-6-14-22-28/h3-22,29-30,44-45H,23-24H2,1-2H3,(H,40,41,42,46)/t29-,30+,37-/m0/s1. The molecule has 248 valence electrons. The van der Waals surface area contributed by atoms with Gasteiger partial charge in [0.05, 0.1) is 32.3 Å². The normalized spacial score (nSPS) is 19.1. The predicted octanol–water partition coefficient (Wildman–Crippen LogP) is 4.93. The number of hydrogen-bond donors (Lipinski definition) is 3. The second kappa shape index (κ2) is 13.1. The highest BCUT2D eigenvalue weighted by Gasteiger charge is 2.64. The van der Waals surface area contributed by atoms with Gasteiger partial charge < -0.3 is 29.7 Å². The third-order valence-electron chi connectivity index (χ3n) is 9.10. The number of amides is 1. The summed E-state index contributed by atoms with van der Waals surface area (Å²) in [6.07, 6.45) is -2.11. The SMILES string of the molecule is COc1nc(NC(=O)c2ccccc2)c2nc(OC)n([C@@]3(C(c4ccccc4)(c4ccccc4)c4ccccc4)C[C@H](O)[C@@H](CO)O3)c2n1. The highest BCUT2D eigenvalue weighted by Crippen LogP contribution is 2.58. The van der Waals surface area contributed by atoms with Crippen LogP contribution in [0, 0.1) is 0 Å². The molecule has 3 N–H and O–H groups in total. The molecule has 49 heavy (non-hydrogen) atoms. The Labute approximate surface area is 282 Å². The lowest BCUT2D eigenvalue weighted by Crippen LogP contribution is -2.55. The lowest BCUT2D eigenvalue weighted by Gasteiger charge is -2.50. The average Bonchev–Trinajstić information content (AvgIpc) is 3.71. The topological polar surface area (TPSA) is 141 Å². The van der Waals surface area contributed by atoms with E-state index in [4.69, 9.17) is 24.2 Å². The van der Waals surface area contributed by atoms with Crippen molar-refractivity contribution in [1.29, 1.82) is 0 Å². The van der Waals surface area contributed by atoms with Crippen molar-refractivity contribution in [2.45, 2.75) is 29.8 Å². The van der Waals surface area contributed by atoms with Crippen LogP contribution in [0.15, 0.2) is 121 Å². The van der Waals surface area contributed by atoms with Crippen LogP contribution < -0.4 is 14.8 Å². The number of methoxy groups -OCH3 is 2. The molecule has 0 aliphatic carbocycles. The summed E-state index contributed by atoms with van der Waals surface area (Å²) in [7, 11) is 2.90. The number of fused-ring (bicyclic) bond motifs is 1. The quantitative estimate of drug-likeness (QED) is 0.175. The Hall–Kier alpha value is -5.62. The number of anilines is 1. The number of nitrogens with one attached hydrogen (secondary N) is 1. The minimum absolute atomic E-state index is 0.0171. The fourth-order valence-electron chi connectivity index (χ4n) is 7.07. The Balaban J connectivity index is 1.61. The molecule has 1 aliphatic heterocycles. The summed E-state index contributed by atoms with van der Waals surface area (Å²) in [6.45, 7) is -0.455. The van der Waals surface area contributed by atoms with E-state index in [9.17, 15) is 15.0 Å². The molecule has 1 aliphatic rings. The number of rotatable bonds is 10. The molecule has 1 saturated heterocycles. The molecule has 0 unspecified atom stereocenters. The Morgan fingerprint density at radius 2 is 1.37 bits per heavy atom. The predicted molar refractivity (Wildman–Crippen MR) is 183 cm³/mol. The number of benzene rings is 4. The van der Waals surface area contributed by atoms with E-state index in [-0.39, 0.29) is 35.4 Å². The molecule has 4 aromatic carbocycles. The zero-order valence-corrected chi connectivity index (χ0v) is 26.9. The van der Waals surface area contributed by atoms with Crippen LogP contribution in [0.4, 0.5) is 5.82 Å². The Morgan fingerprint density at radius 3 is 1.84 bits per heavy atom. The lowest BCUT2D eigenvalue weighted by atomic mass is 9.61. The maximum absolute atomic E-state index is 13.4. The van der Waals surface area contributed by atoms with Crippen molar-refractivity contribution in [2.75, 3.05) is 26.1 Å². The fourth-order valence-corrected chi connectivity index (χ4v) is 7.07. The van der Waals surface area contributed by atoms with Gasteiger partial charge >= 0.3 is 12.0 Å². The molecule has 3 atom stereocenters. The first-order valence-electron chi connectivity index (χ1n) is 15.9. The van der Waals surface area contributed by atoms with E-state index in [1.165, 1.54) is 14.2 Å². The highest BCUT2D eigenvalue weighted by molar-refractivity contribution is 6.07. The molecular formula is C38H35N5O6. The highest BCUT2D eigenvalue weighted by atomic mass is 16.6. The van der Waals surface area contributed by atoms with Gasteiger partial charge in [0.25, 0.3) is 5.91 Å². The number of carbonyl (C=O) groups is 1. The Bertz CT molecular complexity index is 1960. The van der Waals surface area contributed by atoms with Gasteiger partial charge in [-0.2, -0.15) is 15.0 Å². The summed E-state index contributed by atoms with van der Waals surface area (Å²) in [6, 6.07) is 38.3. The number of hydrogen-bond acceptors (Lipinski definition) is 9. The van der Waals surface area contributed by atoms with Gasteiger partial charge in [0.2, 0.25) is 0 Å². The number of carbonyl (C=O) groups excluding carboxylic acids is 1. The van der Waals surface area contributed by atoms with Gasteiger partial charge in [0, 0.05) is 12.0 Å². The first-order chi connectivity index (χ1) is 24.0. The van der Waals surface area contributed by atoms with Crippen LogP contribution in [-0.2, 0) is 15.9 Å². The molecule has 6 aromatic rings. The van der Waals surface area contributed by atoms with Crippen molar-refractivity contribution in [3.63, 3.8) is 0 Å². The molecule has 11 heteroatoms. The van der Waals surface area contributed by atoms with Crippen LogP contribution in [0.25, 0.3) is 11.2 Å². The first-order valence-corrected chi connectivity index (χ1v) is 15.9. The maximum atomic E-state index is 13.4. The van der Waals surface area contributed by atoms with Crippen LogP contribution in [0.5, 0.6) is 12.0 Å². The van der Waals surface area contributed by atoms with Crippen LogP contribution in [0.2, 0.25) is 0 Å². The first kappa shape index (κ1) is 32.0. The van der Waals surface area contributed by atoms with E-state index < -0.39 is 35.9 Å². The smallest absolute Gasteiger partial charge is 0.320 e. The van der Waals surface area contributed by atoms with Crippen molar-refractivity contribution < 1.29 is 29.2 Å². The summed E-state index contributed by atoms with van der Waals surface area (Å²) in [5.41, 5.74) is 0.528. The Kier molecular flexibility index (Phi) is 8.55. The van der Waals surface area contributed by atoms with Gasteiger partial charge in [0.15, 0.2) is 22.7 Å². The summed E-state index contributed by atoms with van der Waals surface area (Å²) in [5.74, 6) is -0.323. The molecule has 0 spiro atoms. The fraction of sp³-hybridized carbons (Fsp3) is 0.211. The molecule has 3 heterocycles. The summed E-state index contributed by atoms with van der Waals surface area (Å²) < 4.78 is 20.3.